The summed E-state index contributed by atoms with van der Waals surface area (Å²) in [6.07, 6.45) is 1.68. The van der Waals surface area contributed by atoms with Crippen LogP contribution in [0.2, 0.25) is 0 Å². The molecule has 2 N–H and O–H groups in total. The Morgan fingerprint density at radius 2 is 1.22 bits per heavy atom. The first-order chi connectivity index (χ1) is 13.1. The summed E-state index contributed by atoms with van der Waals surface area (Å²) in [5.74, 6) is -1.68. The zero-order valence-corrected chi connectivity index (χ0v) is 15.2. The van der Waals surface area contributed by atoms with Crippen molar-refractivity contribution < 1.29 is 19.8 Å². The van der Waals surface area contributed by atoms with Gasteiger partial charge in [0.15, 0.2) is 0 Å². The highest BCUT2D eigenvalue weighted by Gasteiger charge is 2.65. The monoisotopic (exact) mass is 365 g/mol. The Morgan fingerprint density at radius 3 is 1.63 bits per heavy atom. The molecule has 2 aromatic carbocycles. The summed E-state index contributed by atoms with van der Waals surface area (Å²) >= 11 is 0. The minimum Gasteiger partial charge on any atom is -0.508 e. The molecule has 1 saturated carbocycles. The highest BCUT2D eigenvalue weighted by molar-refractivity contribution is 6.08. The topological polar surface area (TPSA) is 77.8 Å². The van der Waals surface area contributed by atoms with Crippen molar-refractivity contribution >= 4 is 11.8 Å². The quantitative estimate of drug-likeness (QED) is 0.797. The minimum absolute atomic E-state index is 0.119. The van der Waals surface area contributed by atoms with Crippen molar-refractivity contribution in [3.8, 4) is 11.5 Å². The Labute approximate surface area is 158 Å². The molecule has 4 atom stereocenters. The molecule has 5 nitrogen and oxygen atoms in total. The van der Waals surface area contributed by atoms with Crippen molar-refractivity contribution in [1.29, 1.82) is 0 Å². The second kappa shape index (κ2) is 6.72. The molecule has 1 saturated heterocycles. The Balaban J connectivity index is 1.79. The molecule has 1 aliphatic heterocycles. The van der Waals surface area contributed by atoms with Gasteiger partial charge < -0.3 is 10.2 Å². The van der Waals surface area contributed by atoms with Crippen LogP contribution in [0.4, 0.5) is 0 Å². The zero-order valence-electron chi connectivity index (χ0n) is 15.2. The number of imide groups is 1. The fourth-order valence-electron chi connectivity index (χ4n) is 4.68. The molecular formula is C22H23NO4. The van der Waals surface area contributed by atoms with Crippen molar-refractivity contribution in [2.24, 2.45) is 11.8 Å². The number of nitrogens with zero attached hydrogens (tertiary/aromatic N) is 1. The van der Waals surface area contributed by atoms with Crippen molar-refractivity contribution in [1.82, 2.24) is 4.90 Å². The molecule has 2 amide bonds. The van der Waals surface area contributed by atoms with E-state index in [2.05, 4.69) is 0 Å². The van der Waals surface area contributed by atoms with Crippen LogP contribution in [0.15, 0.2) is 48.5 Å². The molecule has 2 fully saturated rings. The molecule has 27 heavy (non-hydrogen) atoms. The van der Waals surface area contributed by atoms with E-state index in [-0.39, 0.29) is 35.1 Å². The standard InChI is InChI=1S/C22H23NO4/c1-2-3-12-23-21(26)19-17(13-8-4-6-10-15(13)24)18(20(19)22(23)27)14-9-5-7-11-16(14)25/h4-11,17-20,24-25H,2-3,12H2,1H3/t17-,18?,19-,20+/m1/s1. The van der Waals surface area contributed by atoms with Gasteiger partial charge in [-0.3, -0.25) is 14.5 Å². The van der Waals surface area contributed by atoms with E-state index in [0.717, 1.165) is 12.8 Å². The molecule has 1 unspecified atom stereocenters. The minimum atomic E-state index is -0.479. The summed E-state index contributed by atoms with van der Waals surface area (Å²) in [6, 6.07) is 13.9. The lowest BCUT2D eigenvalue weighted by atomic mass is 9.53. The van der Waals surface area contributed by atoms with Crippen molar-refractivity contribution in [3.63, 3.8) is 0 Å². The van der Waals surface area contributed by atoms with Gasteiger partial charge in [-0.15, -0.1) is 0 Å². The number of fused-ring (bicyclic) bond motifs is 1. The first-order valence-electron chi connectivity index (χ1n) is 9.47. The van der Waals surface area contributed by atoms with Gasteiger partial charge in [-0.25, -0.2) is 0 Å². The summed E-state index contributed by atoms with van der Waals surface area (Å²) in [4.78, 5) is 27.4. The van der Waals surface area contributed by atoms with Gasteiger partial charge >= 0.3 is 0 Å². The zero-order chi connectivity index (χ0) is 19.1. The van der Waals surface area contributed by atoms with Crippen LogP contribution in [0, 0.1) is 11.8 Å². The predicted octanol–water partition coefficient (Wildman–Crippen LogP) is 3.38. The number of phenols is 2. The van der Waals surface area contributed by atoms with E-state index in [0.29, 0.717) is 17.7 Å². The number of carbonyl (C=O) groups excluding carboxylic acids is 2. The molecule has 0 bridgehead atoms. The molecule has 0 aromatic heterocycles. The highest BCUT2D eigenvalue weighted by atomic mass is 16.3. The third-order valence-electron chi connectivity index (χ3n) is 5.98. The normalized spacial score (nSPS) is 26.8. The maximum absolute atomic E-state index is 13.0. The van der Waals surface area contributed by atoms with E-state index >= 15 is 0 Å². The molecule has 5 heteroatoms. The second-order valence-corrected chi connectivity index (χ2v) is 7.40. The van der Waals surface area contributed by atoms with E-state index in [1.165, 1.54) is 4.90 Å². The summed E-state index contributed by atoms with van der Waals surface area (Å²) in [6.45, 7) is 2.46. The predicted molar refractivity (Wildman–Crippen MR) is 100 cm³/mol. The average Bonchev–Trinajstić information content (AvgIpc) is 2.84. The number of benzene rings is 2. The largest absolute Gasteiger partial charge is 0.508 e. The number of para-hydroxylation sites is 2. The first kappa shape index (κ1) is 17.6. The third kappa shape index (κ3) is 2.60. The van der Waals surface area contributed by atoms with Gasteiger partial charge in [-0.1, -0.05) is 49.7 Å². The van der Waals surface area contributed by atoms with Gasteiger partial charge in [0.25, 0.3) is 0 Å². The van der Waals surface area contributed by atoms with Crippen LogP contribution in [-0.2, 0) is 9.59 Å². The number of hydrogen-bond acceptors (Lipinski definition) is 4. The Kier molecular flexibility index (Phi) is 4.38. The molecule has 2 aromatic rings. The van der Waals surface area contributed by atoms with Crippen molar-refractivity contribution in [2.45, 2.75) is 31.6 Å². The van der Waals surface area contributed by atoms with Gasteiger partial charge in [0, 0.05) is 18.4 Å². The van der Waals surface area contributed by atoms with Crippen LogP contribution in [0.1, 0.15) is 42.7 Å². The number of rotatable bonds is 5. The fraction of sp³-hybridized carbons (Fsp3) is 0.364. The van der Waals surface area contributed by atoms with Crippen LogP contribution >= 0.6 is 0 Å². The number of unbranched alkanes of at least 4 members (excludes halogenated alkanes) is 1. The van der Waals surface area contributed by atoms with Crippen LogP contribution in [0.25, 0.3) is 0 Å². The van der Waals surface area contributed by atoms with Gasteiger partial charge in [-0.2, -0.15) is 0 Å². The maximum atomic E-state index is 13.0. The van der Waals surface area contributed by atoms with E-state index in [9.17, 15) is 19.8 Å². The summed E-state index contributed by atoms with van der Waals surface area (Å²) in [5.41, 5.74) is 1.32. The molecule has 140 valence electrons. The van der Waals surface area contributed by atoms with Gasteiger partial charge in [-0.05, 0) is 29.7 Å². The number of hydrogen-bond donors (Lipinski definition) is 2. The molecular weight excluding hydrogens is 342 g/mol. The molecule has 1 aliphatic carbocycles. The van der Waals surface area contributed by atoms with Crippen LogP contribution in [0.3, 0.4) is 0 Å². The van der Waals surface area contributed by atoms with Gasteiger partial charge in [0.1, 0.15) is 11.5 Å². The average molecular weight is 365 g/mol. The summed E-state index contributed by atoms with van der Waals surface area (Å²) < 4.78 is 0. The van der Waals surface area contributed by atoms with E-state index in [1.54, 1.807) is 36.4 Å². The lowest BCUT2D eigenvalue weighted by molar-refractivity contribution is -0.139. The number of aromatic hydroxyl groups is 2. The Hall–Kier alpha value is -2.82. The number of phenolic OH excluding ortho intramolecular Hbond substituents is 2. The first-order valence-corrected chi connectivity index (χ1v) is 9.47. The molecule has 1 heterocycles. The lowest BCUT2D eigenvalue weighted by Crippen LogP contribution is -2.45. The van der Waals surface area contributed by atoms with E-state index in [4.69, 9.17) is 0 Å². The van der Waals surface area contributed by atoms with Crippen molar-refractivity contribution in [3.05, 3.63) is 59.7 Å². The van der Waals surface area contributed by atoms with Gasteiger partial charge in [0.05, 0.1) is 11.8 Å². The summed E-state index contributed by atoms with van der Waals surface area (Å²) in [5, 5.41) is 20.8. The molecule has 0 radical (unpaired) electrons. The fourth-order valence-corrected chi connectivity index (χ4v) is 4.68. The SMILES string of the molecule is CCCCN1C(=O)[C@@H]2[C@H](c3ccccc3O)C(c3ccccc3O)[C@@H]2C1=O. The molecule has 2 aliphatic rings. The summed E-state index contributed by atoms with van der Waals surface area (Å²) in [7, 11) is 0. The second-order valence-electron chi connectivity index (χ2n) is 7.40. The Bertz CT molecular complexity index is 824. The molecule has 0 spiro atoms. The van der Waals surface area contributed by atoms with E-state index < -0.39 is 11.8 Å². The van der Waals surface area contributed by atoms with Crippen molar-refractivity contribution in [2.75, 3.05) is 6.54 Å². The Morgan fingerprint density at radius 1 is 0.778 bits per heavy atom. The van der Waals surface area contributed by atoms with Crippen LogP contribution in [0.5, 0.6) is 11.5 Å². The number of amides is 2. The number of carbonyl (C=O) groups is 2. The molecule has 4 rings (SSSR count). The highest BCUT2D eigenvalue weighted by Crippen LogP contribution is 2.63. The maximum Gasteiger partial charge on any atom is 0.233 e. The van der Waals surface area contributed by atoms with Crippen LogP contribution in [-0.4, -0.2) is 33.5 Å². The smallest absolute Gasteiger partial charge is 0.233 e. The number of likely N-dealkylation sites (tertiary alicyclic amines) is 1. The van der Waals surface area contributed by atoms with E-state index in [1.807, 2.05) is 19.1 Å². The lowest BCUT2D eigenvalue weighted by Gasteiger charge is -2.46. The van der Waals surface area contributed by atoms with Crippen LogP contribution < -0.4 is 0 Å². The van der Waals surface area contributed by atoms with Gasteiger partial charge in [0.2, 0.25) is 11.8 Å². The third-order valence-corrected chi connectivity index (χ3v) is 5.98.